The van der Waals surface area contributed by atoms with Gasteiger partial charge in [0.05, 0.1) is 0 Å². The maximum absolute atomic E-state index is 11.0. The molecular formula is C15H21N5O2S. The van der Waals surface area contributed by atoms with Crippen LogP contribution in [0.5, 0.6) is 5.75 Å². The Morgan fingerprint density at radius 1 is 1.35 bits per heavy atom. The highest BCUT2D eigenvalue weighted by Crippen LogP contribution is 2.18. The number of hydrogen-bond donors (Lipinski definition) is 2. The van der Waals surface area contributed by atoms with Gasteiger partial charge in [-0.15, -0.1) is 0 Å². The summed E-state index contributed by atoms with van der Waals surface area (Å²) in [5, 5.41) is 2.94. The van der Waals surface area contributed by atoms with Gasteiger partial charge >= 0.3 is 0 Å². The molecule has 8 heteroatoms. The number of benzene rings is 1. The fourth-order valence-corrected chi connectivity index (χ4v) is 2.56. The van der Waals surface area contributed by atoms with Crippen molar-refractivity contribution < 1.29 is 9.29 Å². The van der Waals surface area contributed by atoms with Crippen LogP contribution >= 0.6 is 11.1 Å². The average Bonchev–Trinajstić information content (AvgIpc) is 2.80. The number of aromatic nitrogens is 2. The molecule has 0 aliphatic heterocycles. The van der Waals surface area contributed by atoms with Crippen molar-refractivity contribution in [2.75, 3.05) is 38.3 Å². The highest BCUT2D eigenvalue weighted by atomic mass is 32.2. The zero-order chi connectivity index (χ0) is 16.7. The number of nitrogens with two attached hydrogens (primary N) is 1. The molecule has 3 N–H and O–H groups in total. The van der Waals surface area contributed by atoms with Gasteiger partial charge in [-0.3, -0.25) is 0 Å². The van der Waals surface area contributed by atoms with Crippen LogP contribution in [-0.2, 0) is 6.54 Å². The first-order valence-corrected chi connectivity index (χ1v) is 8.21. The topological polar surface area (TPSA) is 99.4 Å². The van der Waals surface area contributed by atoms with E-state index in [0.717, 1.165) is 12.3 Å². The molecule has 0 amide bonds. The van der Waals surface area contributed by atoms with Crippen molar-refractivity contribution in [3.63, 3.8) is 0 Å². The number of anilines is 2. The summed E-state index contributed by atoms with van der Waals surface area (Å²) in [5.74, 6) is 1.38. The van der Waals surface area contributed by atoms with Crippen LogP contribution in [0.1, 0.15) is 5.56 Å². The van der Waals surface area contributed by atoms with Crippen LogP contribution in [0.3, 0.4) is 0 Å². The van der Waals surface area contributed by atoms with Crippen LogP contribution < -0.4 is 15.8 Å². The molecule has 0 spiro atoms. The first-order chi connectivity index (χ1) is 11.0. The lowest BCUT2D eigenvalue weighted by molar-refractivity contribution is 0.359. The van der Waals surface area contributed by atoms with Gasteiger partial charge in [-0.05, 0) is 37.9 Å². The van der Waals surface area contributed by atoms with Gasteiger partial charge in [0.15, 0.2) is 11.1 Å². The molecule has 0 radical (unpaired) electrons. The summed E-state index contributed by atoms with van der Waals surface area (Å²) >= 11 is -1.59. The van der Waals surface area contributed by atoms with E-state index >= 15 is 0 Å². The van der Waals surface area contributed by atoms with Crippen molar-refractivity contribution in [2.24, 2.45) is 0 Å². The smallest absolute Gasteiger partial charge is 0.232 e. The van der Waals surface area contributed by atoms with Gasteiger partial charge in [0, 0.05) is 21.8 Å². The Morgan fingerprint density at radius 3 is 2.87 bits per heavy atom. The van der Waals surface area contributed by atoms with Gasteiger partial charge in [-0.25, -0.2) is 0 Å². The molecule has 0 aliphatic carbocycles. The van der Waals surface area contributed by atoms with E-state index in [1.54, 1.807) is 0 Å². The van der Waals surface area contributed by atoms with Crippen LogP contribution in [0.15, 0.2) is 36.4 Å². The zero-order valence-electron chi connectivity index (χ0n) is 13.2. The molecule has 0 saturated heterocycles. The van der Waals surface area contributed by atoms with E-state index in [4.69, 9.17) is 10.5 Å². The fourth-order valence-electron chi connectivity index (χ4n) is 1.95. The predicted octanol–water partition coefficient (Wildman–Crippen LogP) is 1.90. The summed E-state index contributed by atoms with van der Waals surface area (Å²) in [4.78, 5) is 2.11. The monoisotopic (exact) mass is 335 g/mol. The molecule has 1 heterocycles. The lowest BCUT2D eigenvalue weighted by Crippen LogP contribution is -2.10. The number of ether oxygens (including phenoxy) is 1. The molecule has 0 fully saturated rings. The van der Waals surface area contributed by atoms with Gasteiger partial charge in [0.1, 0.15) is 12.4 Å². The minimum Gasteiger partial charge on any atom is -0.546 e. The Kier molecular flexibility index (Phi) is 6.33. The Hall–Kier alpha value is -2.16. The average molecular weight is 335 g/mol. The van der Waals surface area contributed by atoms with E-state index in [1.807, 2.05) is 44.4 Å². The number of rotatable bonds is 8. The lowest BCUT2D eigenvalue weighted by atomic mass is 10.2. The maximum atomic E-state index is 11.0. The fraction of sp³-hybridized carbons (Fsp3) is 0.333. The Labute approximate surface area is 138 Å². The van der Waals surface area contributed by atoms with E-state index < -0.39 is 11.1 Å². The summed E-state index contributed by atoms with van der Waals surface area (Å²) in [5.41, 5.74) is 6.75. The summed E-state index contributed by atoms with van der Waals surface area (Å²) in [6, 6.07) is 8.03. The lowest BCUT2D eigenvalue weighted by Gasteiger charge is -2.11. The molecule has 1 unspecified atom stereocenters. The van der Waals surface area contributed by atoms with Crippen molar-refractivity contribution >= 4 is 22.8 Å². The van der Waals surface area contributed by atoms with Crippen molar-refractivity contribution in [3.8, 4) is 5.75 Å². The number of hydrogen-bond acceptors (Lipinski definition) is 7. The number of nitrogens with one attached hydrogen (secondary N) is 1. The summed E-state index contributed by atoms with van der Waals surface area (Å²) in [6.07, 6.45) is 3.78. The Balaban J connectivity index is 1.73. The third-order valence-corrected chi connectivity index (χ3v) is 3.58. The summed E-state index contributed by atoms with van der Waals surface area (Å²) in [7, 11) is 4.07. The molecule has 0 aliphatic rings. The van der Waals surface area contributed by atoms with Crippen molar-refractivity contribution in [3.05, 3.63) is 42.0 Å². The van der Waals surface area contributed by atoms with Crippen LogP contribution in [-0.4, -0.2) is 45.4 Å². The van der Waals surface area contributed by atoms with Gasteiger partial charge < -0.3 is 25.2 Å². The Bertz CT molecular complexity index is 657. The highest BCUT2D eigenvalue weighted by Gasteiger charge is 2.10. The van der Waals surface area contributed by atoms with Gasteiger partial charge in [-0.1, -0.05) is 18.2 Å². The zero-order valence-corrected chi connectivity index (χ0v) is 14.0. The number of nitrogen functional groups attached to an aromatic ring is 1. The molecule has 124 valence electrons. The predicted molar refractivity (Wildman–Crippen MR) is 92.1 cm³/mol. The van der Waals surface area contributed by atoms with E-state index in [0.29, 0.717) is 19.0 Å². The largest absolute Gasteiger partial charge is 0.546 e. The SMILES string of the molecule is CN(C)Cc1cccc(OC/C=C\CNc2n[s+]([O-])nc2N)c1. The second kappa shape index (κ2) is 8.47. The molecule has 7 nitrogen and oxygen atoms in total. The van der Waals surface area contributed by atoms with Crippen LogP contribution in [0.2, 0.25) is 0 Å². The van der Waals surface area contributed by atoms with Crippen molar-refractivity contribution in [1.29, 1.82) is 0 Å². The van der Waals surface area contributed by atoms with Crippen LogP contribution in [0.25, 0.3) is 0 Å². The normalized spacial score (nSPS) is 12.1. The molecular weight excluding hydrogens is 314 g/mol. The summed E-state index contributed by atoms with van der Waals surface area (Å²) < 4.78 is 24.1. The highest BCUT2D eigenvalue weighted by molar-refractivity contribution is 7.14. The molecule has 2 rings (SSSR count). The van der Waals surface area contributed by atoms with Gasteiger partial charge in [0.2, 0.25) is 11.6 Å². The van der Waals surface area contributed by atoms with E-state index in [-0.39, 0.29) is 5.82 Å². The minimum absolute atomic E-state index is 0.172. The van der Waals surface area contributed by atoms with Crippen LogP contribution in [0.4, 0.5) is 11.6 Å². The molecule has 2 aromatic rings. The second-order valence-corrected chi connectivity index (χ2v) is 6.02. The summed E-state index contributed by atoms with van der Waals surface area (Å²) in [6.45, 7) is 1.86. The molecule has 1 aromatic carbocycles. The standard InChI is InChI=1S/C15H21N5O2S/c1-20(2)11-12-6-5-7-13(10-12)22-9-4-3-8-17-15-14(16)18-23(21)19-15/h3-7,10H,8-9,11H2,1-2H3,(H2,16,18)(H,17,19)/b4-3-. The van der Waals surface area contributed by atoms with Crippen molar-refractivity contribution in [1.82, 2.24) is 13.6 Å². The quantitative estimate of drug-likeness (QED) is 0.561. The molecule has 23 heavy (non-hydrogen) atoms. The van der Waals surface area contributed by atoms with Crippen molar-refractivity contribution in [2.45, 2.75) is 6.54 Å². The second-order valence-electron chi connectivity index (χ2n) is 5.20. The molecule has 1 aromatic heterocycles. The molecule has 0 bridgehead atoms. The van der Waals surface area contributed by atoms with E-state index in [1.165, 1.54) is 5.56 Å². The van der Waals surface area contributed by atoms with E-state index in [2.05, 4.69) is 25.0 Å². The van der Waals surface area contributed by atoms with E-state index in [9.17, 15) is 4.55 Å². The first kappa shape index (κ1) is 17.2. The van der Waals surface area contributed by atoms with Gasteiger partial charge in [0.25, 0.3) is 0 Å². The Morgan fingerprint density at radius 2 is 2.17 bits per heavy atom. The molecule has 1 atom stereocenters. The maximum Gasteiger partial charge on any atom is 0.232 e. The number of nitrogens with zero attached hydrogens (tertiary/aromatic N) is 3. The third kappa shape index (κ3) is 5.85. The van der Waals surface area contributed by atoms with Gasteiger partial charge in [-0.2, -0.15) is 0 Å². The third-order valence-electron chi connectivity index (χ3n) is 2.89. The van der Waals surface area contributed by atoms with Crippen LogP contribution in [0, 0.1) is 0 Å². The minimum atomic E-state index is -1.59. The molecule has 0 saturated carbocycles. The first-order valence-electron chi connectivity index (χ1n) is 7.15.